The van der Waals surface area contributed by atoms with Gasteiger partial charge in [0.2, 0.25) is 10.0 Å². The van der Waals surface area contributed by atoms with Crippen LogP contribution in [0.25, 0.3) is 0 Å². The van der Waals surface area contributed by atoms with Gasteiger partial charge in [0.1, 0.15) is 10.7 Å². The van der Waals surface area contributed by atoms with Gasteiger partial charge in [0.25, 0.3) is 5.91 Å². The Morgan fingerprint density at radius 3 is 2.50 bits per heavy atom. The van der Waals surface area contributed by atoms with Gasteiger partial charge in [-0.2, -0.15) is 13.2 Å². The summed E-state index contributed by atoms with van der Waals surface area (Å²) < 4.78 is 81.3. The first-order chi connectivity index (χ1) is 14.9. The van der Waals surface area contributed by atoms with E-state index in [2.05, 4.69) is 16.6 Å². The van der Waals surface area contributed by atoms with Crippen LogP contribution in [0.1, 0.15) is 36.2 Å². The number of nitrogens with one attached hydrogen (secondary N) is 2. The molecule has 0 saturated carbocycles. The third-order valence-corrected chi connectivity index (χ3v) is 7.06. The van der Waals surface area contributed by atoms with Gasteiger partial charge in [0.15, 0.2) is 0 Å². The molecule has 0 radical (unpaired) electrons. The highest BCUT2D eigenvalue weighted by molar-refractivity contribution is 7.99. The summed E-state index contributed by atoms with van der Waals surface area (Å²) in [7, 11) is -4.29. The van der Waals surface area contributed by atoms with Crippen LogP contribution < -0.4 is 10.0 Å². The van der Waals surface area contributed by atoms with E-state index in [0.29, 0.717) is 4.90 Å². The quantitative estimate of drug-likeness (QED) is 0.278. The summed E-state index contributed by atoms with van der Waals surface area (Å²) in [5, 5.41) is 2.25. The fourth-order valence-corrected chi connectivity index (χ4v) is 4.61. The fraction of sp³-hybridized carbons (Fsp3) is 0.286. The minimum atomic E-state index is -4.74. The maximum absolute atomic E-state index is 14.1. The van der Waals surface area contributed by atoms with Crippen LogP contribution in [0.15, 0.2) is 58.8 Å². The van der Waals surface area contributed by atoms with E-state index in [1.54, 1.807) is 0 Å². The third kappa shape index (κ3) is 6.57. The Morgan fingerprint density at radius 2 is 1.91 bits per heavy atom. The lowest BCUT2D eigenvalue weighted by molar-refractivity contribution is -0.137. The van der Waals surface area contributed by atoms with Gasteiger partial charge in [-0.3, -0.25) is 4.79 Å². The van der Waals surface area contributed by atoms with Crippen molar-refractivity contribution in [3.8, 4) is 0 Å². The van der Waals surface area contributed by atoms with Crippen LogP contribution in [-0.4, -0.2) is 26.1 Å². The number of sulfonamides is 1. The molecule has 0 aliphatic rings. The molecule has 0 heterocycles. The van der Waals surface area contributed by atoms with Crippen molar-refractivity contribution in [3.05, 3.63) is 66.0 Å². The summed E-state index contributed by atoms with van der Waals surface area (Å²) >= 11 is 1.28. The van der Waals surface area contributed by atoms with E-state index >= 15 is 0 Å². The SMILES string of the molecule is C=CCNS(=O)(=O)c1cc(C(=O)Nc2ccc(SC(C)CC)cc2C(F)(F)F)ccc1F. The van der Waals surface area contributed by atoms with Crippen molar-refractivity contribution in [1.82, 2.24) is 4.72 Å². The first-order valence-electron chi connectivity index (χ1n) is 9.48. The molecule has 0 saturated heterocycles. The van der Waals surface area contributed by atoms with E-state index in [9.17, 15) is 30.8 Å². The molecule has 32 heavy (non-hydrogen) atoms. The summed E-state index contributed by atoms with van der Waals surface area (Å²) in [4.78, 5) is 12.2. The maximum atomic E-state index is 14.1. The van der Waals surface area contributed by atoms with E-state index in [-0.39, 0.29) is 17.4 Å². The van der Waals surface area contributed by atoms with Crippen LogP contribution in [0.3, 0.4) is 0 Å². The van der Waals surface area contributed by atoms with Gasteiger partial charge in [-0.05, 0) is 42.8 Å². The van der Waals surface area contributed by atoms with Crippen LogP contribution in [-0.2, 0) is 16.2 Å². The Bertz CT molecular complexity index is 1100. The zero-order chi connectivity index (χ0) is 24.1. The summed E-state index contributed by atoms with van der Waals surface area (Å²) in [5.41, 5.74) is -1.85. The second kappa shape index (κ2) is 10.5. The number of thioether (sulfide) groups is 1. The molecule has 2 aromatic rings. The average Bonchev–Trinajstić information content (AvgIpc) is 2.72. The first-order valence-corrected chi connectivity index (χ1v) is 11.8. The van der Waals surface area contributed by atoms with Gasteiger partial charge < -0.3 is 5.32 Å². The second-order valence-electron chi connectivity index (χ2n) is 6.78. The van der Waals surface area contributed by atoms with Crippen LogP contribution in [0.5, 0.6) is 0 Å². The van der Waals surface area contributed by atoms with Crippen molar-refractivity contribution in [2.24, 2.45) is 0 Å². The lowest BCUT2D eigenvalue weighted by Crippen LogP contribution is -2.25. The van der Waals surface area contributed by atoms with Crippen molar-refractivity contribution in [3.63, 3.8) is 0 Å². The number of carbonyl (C=O) groups is 1. The van der Waals surface area contributed by atoms with E-state index < -0.39 is 44.1 Å². The molecule has 2 rings (SSSR count). The van der Waals surface area contributed by atoms with Gasteiger partial charge in [0, 0.05) is 22.3 Å². The van der Waals surface area contributed by atoms with E-state index in [1.807, 2.05) is 13.8 Å². The number of carbonyl (C=O) groups excluding carboxylic acids is 1. The molecule has 2 aromatic carbocycles. The Hall–Kier alpha value is -2.37. The standard InChI is InChI=1S/C21H22F4N2O3S2/c1-4-10-26-32(29,30)19-11-14(6-8-17(19)22)20(28)27-18-9-7-15(31-13(3)5-2)12-16(18)21(23,24)25/h4,6-9,11-13,26H,1,5,10H2,2-3H3,(H,27,28). The highest BCUT2D eigenvalue weighted by atomic mass is 32.2. The molecule has 5 nitrogen and oxygen atoms in total. The lowest BCUT2D eigenvalue weighted by atomic mass is 10.1. The molecular formula is C21H22F4N2O3S2. The topological polar surface area (TPSA) is 75.3 Å². The molecule has 0 fully saturated rings. The zero-order valence-corrected chi connectivity index (χ0v) is 18.9. The van der Waals surface area contributed by atoms with Crippen LogP contribution in [0.2, 0.25) is 0 Å². The van der Waals surface area contributed by atoms with Crippen LogP contribution >= 0.6 is 11.8 Å². The Kier molecular flexibility index (Phi) is 8.49. The largest absolute Gasteiger partial charge is 0.418 e. The number of halogens is 4. The Labute approximate surface area is 188 Å². The minimum Gasteiger partial charge on any atom is -0.321 e. The van der Waals surface area contributed by atoms with Crippen LogP contribution in [0.4, 0.5) is 23.2 Å². The number of amides is 1. The third-order valence-electron chi connectivity index (χ3n) is 4.36. The number of benzene rings is 2. The van der Waals surface area contributed by atoms with Gasteiger partial charge in [-0.15, -0.1) is 18.3 Å². The average molecular weight is 491 g/mol. The second-order valence-corrected chi connectivity index (χ2v) is 10.0. The molecular weight excluding hydrogens is 468 g/mol. The van der Waals surface area contributed by atoms with Gasteiger partial charge in [0.05, 0.1) is 11.3 Å². The molecule has 0 aliphatic carbocycles. The molecule has 1 unspecified atom stereocenters. The molecule has 1 atom stereocenters. The minimum absolute atomic E-state index is 0.103. The highest BCUT2D eigenvalue weighted by Gasteiger charge is 2.34. The number of hydrogen-bond donors (Lipinski definition) is 2. The van der Waals surface area contributed by atoms with Crippen LogP contribution in [0, 0.1) is 5.82 Å². The van der Waals surface area contributed by atoms with E-state index in [4.69, 9.17) is 0 Å². The van der Waals surface area contributed by atoms with Gasteiger partial charge in [-0.1, -0.05) is 19.9 Å². The predicted octanol–water partition coefficient (Wildman–Crippen LogP) is 5.45. The van der Waals surface area contributed by atoms with Crippen molar-refractivity contribution >= 4 is 33.4 Å². The molecule has 2 N–H and O–H groups in total. The Balaban J connectivity index is 2.38. The van der Waals surface area contributed by atoms with E-state index in [0.717, 1.165) is 36.8 Å². The monoisotopic (exact) mass is 490 g/mol. The van der Waals surface area contributed by atoms with E-state index in [1.165, 1.54) is 23.9 Å². The molecule has 1 amide bonds. The molecule has 174 valence electrons. The summed E-state index contributed by atoms with van der Waals surface area (Å²) in [6.07, 6.45) is -2.73. The van der Waals surface area contributed by atoms with Gasteiger partial charge in [-0.25, -0.2) is 17.5 Å². The number of anilines is 1. The lowest BCUT2D eigenvalue weighted by Gasteiger charge is -2.17. The molecule has 0 spiro atoms. The summed E-state index contributed by atoms with van der Waals surface area (Å²) in [6, 6.07) is 6.05. The molecule has 0 aliphatic heterocycles. The first kappa shape index (κ1) is 25.9. The number of alkyl halides is 3. The normalized spacial score (nSPS) is 12.9. The number of hydrogen-bond acceptors (Lipinski definition) is 4. The zero-order valence-electron chi connectivity index (χ0n) is 17.3. The predicted molar refractivity (Wildman–Crippen MR) is 117 cm³/mol. The summed E-state index contributed by atoms with van der Waals surface area (Å²) in [5.74, 6) is -2.13. The molecule has 0 aromatic heterocycles. The van der Waals surface area contributed by atoms with Gasteiger partial charge >= 0.3 is 6.18 Å². The number of rotatable bonds is 9. The van der Waals surface area contributed by atoms with Crippen molar-refractivity contribution in [1.29, 1.82) is 0 Å². The fourth-order valence-electron chi connectivity index (χ4n) is 2.55. The Morgan fingerprint density at radius 1 is 1.22 bits per heavy atom. The van der Waals surface area contributed by atoms with Crippen molar-refractivity contribution in [2.75, 3.05) is 11.9 Å². The summed E-state index contributed by atoms with van der Waals surface area (Å²) in [6.45, 7) is 6.98. The van der Waals surface area contributed by atoms with Crippen molar-refractivity contribution < 1.29 is 30.8 Å². The van der Waals surface area contributed by atoms with Crippen molar-refractivity contribution in [2.45, 2.75) is 41.5 Å². The maximum Gasteiger partial charge on any atom is 0.418 e. The smallest absolute Gasteiger partial charge is 0.321 e. The molecule has 0 bridgehead atoms. The molecule has 11 heteroatoms. The highest BCUT2D eigenvalue weighted by Crippen LogP contribution is 2.38.